The SMILES string of the molecule is O=C1CCc2cc(OCC(=O)N(C3CC3)C3CCCc4ccccc43)ccc2N1. The normalized spacial score (nSPS) is 20.3. The first kappa shape index (κ1) is 18.2. The summed E-state index contributed by atoms with van der Waals surface area (Å²) < 4.78 is 5.89. The van der Waals surface area contributed by atoms with Gasteiger partial charge < -0.3 is 15.0 Å². The largest absolute Gasteiger partial charge is 0.484 e. The summed E-state index contributed by atoms with van der Waals surface area (Å²) in [6.45, 7) is 0.0559. The number of benzene rings is 2. The number of carbonyl (C=O) groups excluding carboxylic acids is 2. The van der Waals surface area contributed by atoms with Crippen LogP contribution < -0.4 is 10.1 Å². The highest BCUT2D eigenvalue weighted by atomic mass is 16.5. The van der Waals surface area contributed by atoms with Crippen molar-refractivity contribution in [1.82, 2.24) is 4.90 Å². The molecule has 2 aliphatic carbocycles. The zero-order valence-corrected chi connectivity index (χ0v) is 16.5. The summed E-state index contributed by atoms with van der Waals surface area (Å²) in [6.07, 6.45) is 6.62. The van der Waals surface area contributed by atoms with Gasteiger partial charge in [0.1, 0.15) is 5.75 Å². The maximum atomic E-state index is 13.2. The van der Waals surface area contributed by atoms with Crippen LogP contribution in [0, 0.1) is 0 Å². The molecule has 1 saturated carbocycles. The Morgan fingerprint density at radius 2 is 1.90 bits per heavy atom. The molecule has 2 aromatic carbocycles. The minimum Gasteiger partial charge on any atom is -0.484 e. The lowest BCUT2D eigenvalue weighted by Gasteiger charge is -2.36. The van der Waals surface area contributed by atoms with Crippen molar-refractivity contribution in [1.29, 1.82) is 0 Å². The van der Waals surface area contributed by atoms with Crippen LogP contribution in [0.15, 0.2) is 42.5 Å². The van der Waals surface area contributed by atoms with Crippen LogP contribution in [0.25, 0.3) is 0 Å². The zero-order chi connectivity index (χ0) is 19.8. The van der Waals surface area contributed by atoms with Gasteiger partial charge in [0.2, 0.25) is 5.91 Å². The molecular formula is C24H26N2O3. The minimum atomic E-state index is 0.0502. The third-order valence-corrected chi connectivity index (χ3v) is 6.24. The molecule has 0 saturated heterocycles. The van der Waals surface area contributed by atoms with Crippen LogP contribution in [-0.2, 0) is 22.4 Å². The van der Waals surface area contributed by atoms with Gasteiger partial charge in [0.05, 0.1) is 6.04 Å². The van der Waals surface area contributed by atoms with Gasteiger partial charge >= 0.3 is 0 Å². The lowest BCUT2D eigenvalue weighted by atomic mass is 9.86. The molecule has 1 aliphatic heterocycles. The van der Waals surface area contributed by atoms with E-state index in [1.165, 1.54) is 11.1 Å². The van der Waals surface area contributed by atoms with Crippen LogP contribution in [-0.4, -0.2) is 29.4 Å². The van der Waals surface area contributed by atoms with Crippen molar-refractivity contribution in [2.45, 2.75) is 57.0 Å². The number of ether oxygens (including phenoxy) is 1. The minimum absolute atomic E-state index is 0.0502. The number of amides is 2. The number of nitrogens with zero attached hydrogens (tertiary/aromatic N) is 1. The monoisotopic (exact) mass is 390 g/mol. The van der Waals surface area contributed by atoms with E-state index in [0.717, 1.165) is 43.4 Å². The molecule has 29 heavy (non-hydrogen) atoms. The first-order chi connectivity index (χ1) is 14.2. The van der Waals surface area contributed by atoms with E-state index >= 15 is 0 Å². The highest BCUT2D eigenvalue weighted by molar-refractivity contribution is 5.94. The second kappa shape index (κ2) is 7.54. The Kier molecular flexibility index (Phi) is 4.74. The lowest BCUT2D eigenvalue weighted by molar-refractivity contribution is -0.137. The van der Waals surface area contributed by atoms with Gasteiger partial charge in [-0.15, -0.1) is 0 Å². The molecular weight excluding hydrogens is 364 g/mol. The van der Waals surface area contributed by atoms with E-state index in [0.29, 0.717) is 24.6 Å². The topological polar surface area (TPSA) is 58.6 Å². The van der Waals surface area contributed by atoms with Crippen LogP contribution in [0.5, 0.6) is 5.75 Å². The predicted octanol–water partition coefficient (Wildman–Crippen LogP) is 4.02. The number of nitrogens with one attached hydrogen (secondary N) is 1. The van der Waals surface area contributed by atoms with E-state index in [-0.39, 0.29) is 24.5 Å². The lowest BCUT2D eigenvalue weighted by Crippen LogP contribution is -2.41. The van der Waals surface area contributed by atoms with E-state index in [2.05, 4.69) is 34.5 Å². The summed E-state index contributed by atoms with van der Waals surface area (Å²) in [7, 11) is 0. The number of carbonyl (C=O) groups is 2. The molecule has 5 heteroatoms. The Balaban J connectivity index is 1.30. The number of fused-ring (bicyclic) bond motifs is 2. The van der Waals surface area contributed by atoms with E-state index in [1.54, 1.807) is 0 Å². The molecule has 1 unspecified atom stereocenters. The first-order valence-electron chi connectivity index (χ1n) is 10.6. The molecule has 0 radical (unpaired) electrons. The fraction of sp³-hybridized carbons (Fsp3) is 0.417. The molecule has 5 nitrogen and oxygen atoms in total. The van der Waals surface area contributed by atoms with Gasteiger partial charge in [-0.3, -0.25) is 9.59 Å². The summed E-state index contributed by atoms with van der Waals surface area (Å²) in [5.74, 6) is 0.808. The van der Waals surface area contributed by atoms with E-state index in [9.17, 15) is 9.59 Å². The highest BCUT2D eigenvalue weighted by Gasteiger charge is 2.39. The Morgan fingerprint density at radius 3 is 2.76 bits per heavy atom. The molecule has 2 amide bonds. The summed E-state index contributed by atoms with van der Waals surface area (Å²) in [6, 6.07) is 14.7. The molecule has 1 fully saturated rings. The van der Waals surface area contributed by atoms with Crippen molar-refractivity contribution in [2.75, 3.05) is 11.9 Å². The van der Waals surface area contributed by atoms with Crippen molar-refractivity contribution < 1.29 is 14.3 Å². The molecule has 2 aromatic rings. The third-order valence-electron chi connectivity index (χ3n) is 6.24. The van der Waals surface area contributed by atoms with Crippen LogP contribution >= 0.6 is 0 Å². The average Bonchev–Trinajstić information content (AvgIpc) is 3.57. The van der Waals surface area contributed by atoms with Gasteiger partial charge in [0, 0.05) is 18.2 Å². The Hall–Kier alpha value is -2.82. The van der Waals surface area contributed by atoms with Crippen LogP contribution in [0.3, 0.4) is 0 Å². The summed E-state index contributed by atoms with van der Waals surface area (Å²) in [5, 5.41) is 2.88. The number of hydrogen-bond donors (Lipinski definition) is 1. The molecule has 1 N–H and O–H groups in total. The van der Waals surface area contributed by atoms with Crippen molar-refractivity contribution in [3.8, 4) is 5.75 Å². The Morgan fingerprint density at radius 1 is 1.03 bits per heavy atom. The molecule has 0 aromatic heterocycles. The average molecular weight is 390 g/mol. The Labute approximate surface area is 171 Å². The first-order valence-corrected chi connectivity index (χ1v) is 10.6. The molecule has 1 heterocycles. The van der Waals surface area contributed by atoms with E-state index in [4.69, 9.17) is 4.74 Å². The number of hydrogen-bond acceptors (Lipinski definition) is 3. The molecule has 5 rings (SSSR count). The van der Waals surface area contributed by atoms with Crippen LogP contribution in [0.4, 0.5) is 5.69 Å². The third kappa shape index (κ3) is 3.74. The summed E-state index contributed by atoms with van der Waals surface area (Å²) in [5.41, 5.74) is 4.59. The second-order valence-electron chi connectivity index (χ2n) is 8.29. The quantitative estimate of drug-likeness (QED) is 0.839. The van der Waals surface area contributed by atoms with E-state index < -0.39 is 0 Å². The smallest absolute Gasteiger partial charge is 0.261 e. The molecule has 0 bridgehead atoms. The van der Waals surface area contributed by atoms with Gasteiger partial charge in [0.25, 0.3) is 5.91 Å². The fourth-order valence-corrected chi connectivity index (χ4v) is 4.67. The van der Waals surface area contributed by atoms with Crippen molar-refractivity contribution in [2.24, 2.45) is 0 Å². The van der Waals surface area contributed by atoms with E-state index in [1.807, 2.05) is 18.2 Å². The maximum absolute atomic E-state index is 13.2. The van der Waals surface area contributed by atoms with Gasteiger partial charge in [-0.25, -0.2) is 0 Å². The summed E-state index contributed by atoms with van der Waals surface area (Å²) >= 11 is 0. The van der Waals surface area contributed by atoms with Gasteiger partial charge in [-0.1, -0.05) is 24.3 Å². The molecule has 1 atom stereocenters. The van der Waals surface area contributed by atoms with Crippen molar-refractivity contribution in [3.05, 3.63) is 59.2 Å². The fourth-order valence-electron chi connectivity index (χ4n) is 4.67. The number of aryl methyl sites for hydroxylation is 2. The van der Waals surface area contributed by atoms with Crippen molar-refractivity contribution >= 4 is 17.5 Å². The van der Waals surface area contributed by atoms with Crippen LogP contribution in [0.2, 0.25) is 0 Å². The van der Waals surface area contributed by atoms with Gasteiger partial charge in [-0.05, 0) is 73.4 Å². The zero-order valence-electron chi connectivity index (χ0n) is 16.5. The second-order valence-corrected chi connectivity index (χ2v) is 8.29. The predicted molar refractivity (Wildman–Crippen MR) is 111 cm³/mol. The van der Waals surface area contributed by atoms with Gasteiger partial charge in [0.15, 0.2) is 6.61 Å². The maximum Gasteiger partial charge on any atom is 0.261 e. The number of rotatable bonds is 5. The molecule has 0 spiro atoms. The Bertz CT molecular complexity index is 951. The molecule has 150 valence electrons. The number of anilines is 1. The van der Waals surface area contributed by atoms with Crippen LogP contribution in [0.1, 0.15) is 54.8 Å². The molecule has 3 aliphatic rings. The van der Waals surface area contributed by atoms with Crippen molar-refractivity contribution in [3.63, 3.8) is 0 Å². The van der Waals surface area contributed by atoms with Gasteiger partial charge in [-0.2, -0.15) is 0 Å². The highest BCUT2D eigenvalue weighted by Crippen LogP contribution is 2.40. The summed E-state index contributed by atoms with van der Waals surface area (Å²) in [4.78, 5) is 26.8. The standard InChI is InChI=1S/C24H26N2O3/c27-23-13-8-17-14-19(11-12-21(17)25-23)29-15-24(28)26(18-9-10-18)22-7-3-5-16-4-1-2-6-20(16)22/h1-2,4,6,11-12,14,18,22H,3,5,7-10,13,15H2,(H,25,27).